The van der Waals surface area contributed by atoms with Crippen molar-refractivity contribution in [2.45, 2.75) is 26.9 Å². The van der Waals surface area contributed by atoms with Crippen LogP contribution in [0.1, 0.15) is 20.8 Å². The van der Waals surface area contributed by atoms with E-state index in [-0.39, 0.29) is 6.17 Å². The molecule has 0 fully saturated rings. The summed E-state index contributed by atoms with van der Waals surface area (Å²) in [6, 6.07) is 0. The van der Waals surface area contributed by atoms with Crippen LogP contribution in [-0.4, -0.2) is 37.1 Å². The fourth-order valence-electron chi connectivity index (χ4n) is 2.17. The summed E-state index contributed by atoms with van der Waals surface area (Å²) in [5.74, 6) is 0.918. The second kappa shape index (κ2) is 5.50. The maximum absolute atomic E-state index is 5.89. The largest absolute Gasteiger partial charge is 0.403 e. The molecular weight excluding hydrogens is 226 g/mol. The molecule has 1 N–H and O–H groups in total. The summed E-state index contributed by atoms with van der Waals surface area (Å²) < 4.78 is 0. The molecule has 0 aromatic rings. The third-order valence-electron chi connectivity index (χ3n) is 3.11. The van der Waals surface area contributed by atoms with E-state index in [1.165, 1.54) is 0 Å². The molecule has 1 aliphatic heterocycles. The van der Waals surface area contributed by atoms with Crippen LogP contribution in [0, 0.1) is 0 Å². The van der Waals surface area contributed by atoms with E-state index < -0.39 is 0 Å². The van der Waals surface area contributed by atoms with E-state index >= 15 is 0 Å². The predicted molar refractivity (Wildman–Crippen MR) is 74.2 cm³/mol. The van der Waals surface area contributed by atoms with Crippen LogP contribution in [0.4, 0.5) is 0 Å². The first-order chi connectivity index (χ1) is 8.67. The van der Waals surface area contributed by atoms with E-state index in [1.807, 2.05) is 19.0 Å². The lowest BCUT2D eigenvalue weighted by Gasteiger charge is -2.34. The zero-order chi connectivity index (χ0) is 13.1. The molecule has 1 heterocycles. The smallest absolute Gasteiger partial charge is 0.159 e. The van der Waals surface area contributed by atoms with Crippen molar-refractivity contribution in [2.24, 2.45) is 4.99 Å². The zero-order valence-corrected chi connectivity index (χ0v) is 11.5. The van der Waals surface area contributed by atoms with E-state index in [0.29, 0.717) is 0 Å². The molecule has 0 aromatic heterocycles. The van der Waals surface area contributed by atoms with Crippen LogP contribution >= 0.6 is 0 Å². The summed E-state index contributed by atoms with van der Waals surface area (Å²) in [7, 11) is 1.94. The number of aliphatic imine (C=N–C) groups is 1. The molecule has 1 unspecified atom stereocenters. The van der Waals surface area contributed by atoms with Crippen molar-refractivity contribution in [2.75, 3.05) is 20.1 Å². The van der Waals surface area contributed by atoms with Crippen LogP contribution in [0.3, 0.4) is 0 Å². The monoisotopic (exact) mass is 247 g/mol. The second-order valence-electron chi connectivity index (χ2n) is 4.41. The molecule has 0 bridgehead atoms. The van der Waals surface area contributed by atoms with Gasteiger partial charge in [-0.3, -0.25) is 10.3 Å². The van der Waals surface area contributed by atoms with Gasteiger partial charge in [0.2, 0.25) is 0 Å². The first-order valence-corrected chi connectivity index (χ1v) is 6.47. The average molecular weight is 247 g/mol. The number of likely N-dealkylation sites (N-methyl/N-ethyl adjacent to an activating group) is 2. The van der Waals surface area contributed by atoms with Crippen LogP contribution in [0.25, 0.3) is 0 Å². The molecule has 0 aromatic carbocycles. The highest BCUT2D eigenvalue weighted by Crippen LogP contribution is 2.29. The Balaban J connectivity index is 2.34. The summed E-state index contributed by atoms with van der Waals surface area (Å²) >= 11 is 0. The third-order valence-corrected chi connectivity index (χ3v) is 3.11. The summed E-state index contributed by atoms with van der Waals surface area (Å²) in [4.78, 5) is 10.4. The molecule has 2 aliphatic rings. The van der Waals surface area contributed by atoms with Crippen molar-refractivity contribution < 1.29 is 4.84 Å². The van der Waals surface area contributed by atoms with Crippen LogP contribution < -0.4 is 5.32 Å². The molecule has 98 valence electrons. The number of nitrogens with zero attached hydrogens (tertiary/aromatic N) is 2. The van der Waals surface area contributed by atoms with Gasteiger partial charge in [0, 0.05) is 24.7 Å². The molecule has 4 heteroatoms. The molecule has 4 nitrogen and oxygen atoms in total. The molecule has 0 saturated carbocycles. The molecule has 0 saturated heterocycles. The summed E-state index contributed by atoms with van der Waals surface area (Å²) in [6.45, 7) is 7.89. The number of hydrogen-bond donors (Lipinski definition) is 1. The minimum atomic E-state index is 0.121. The van der Waals surface area contributed by atoms with Gasteiger partial charge in [-0.25, -0.2) is 0 Å². The standard InChI is InChI=1S/C14H21N3O/c1-5-15-12-8-7-11-9-13(16-6-2)17(4)18-14(11)10(12)3/h7-9,13,16H,5-6H2,1-4H3. The Morgan fingerprint density at radius 2 is 2.17 bits per heavy atom. The zero-order valence-electron chi connectivity index (χ0n) is 11.5. The number of rotatable bonds is 3. The Kier molecular flexibility index (Phi) is 3.99. The van der Waals surface area contributed by atoms with E-state index in [0.717, 1.165) is 35.7 Å². The van der Waals surface area contributed by atoms with Gasteiger partial charge in [0.25, 0.3) is 0 Å². The topological polar surface area (TPSA) is 36.9 Å². The average Bonchev–Trinajstić information content (AvgIpc) is 2.35. The number of allylic oxidation sites excluding steroid dienone is 3. The van der Waals surface area contributed by atoms with Crippen LogP contribution in [-0.2, 0) is 4.84 Å². The van der Waals surface area contributed by atoms with Gasteiger partial charge < -0.3 is 4.84 Å². The van der Waals surface area contributed by atoms with Gasteiger partial charge in [-0.1, -0.05) is 6.92 Å². The Labute approximate surface area is 109 Å². The van der Waals surface area contributed by atoms with Gasteiger partial charge in [-0.05, 0) is 38.6 Å². The van der Waals surface area contributed by atoms with Crippen molar-refractivity contribution >= 4 is 5.71 Å². The van der Waals surface area contributed by atoms with Crippen LogP contribution in [0.15, 0.2) is 40.1 Å². The van der Waals surface area contributed by atoms with Gasteiger partial charge in [-0.15, -0.1) is 5.06 Å². The number of hydrogen-bond acceptors (Lipinski definition) is 4. The Hall–Kier alpha value is -1.39. The Bertz CT molecular complexity index is 446. The number of fused-ring (bicyclic) bond motifs is 1. The Morgan fingerprint density at radius 3 is 2.83 bits per heavy atom. The highest BCUT2D eigenvalue weighted by molar-refractivity contribution is 6.10. The normalized spacial score (nSPS) is 26.1. The number of hydroxylamine groups is 2. The SMILES string of the molecule is CCN=C1C=CC2=CC(NCC)N(C)OC2=C1C. The highest BCUT2D eigenvalue weighted by atomic mass is 16.7. The van der Waals surface area contributed by atoms with E-state index in [1.54, 1.807) is 0 Å². The lowest BCUT2D eigenvalue weighted by atomic mass is 9.97. The van der Waals surface area contributed by atoms with Crippen molar-refractivity contribution in [3.8, 4) is 0 Å². The fourth-order valence-corrected chi connectivity index (χ4v) is 2.17. The van der Waals surface area contributed by atoms with Crippen molar-refractivity contribution in [3.63, 3.8) is 0 Å². The maximum atomic E-state index is 5.89. The van der Waals surface area contributed by atoms with Gasteiger partial charge in [0.15, 0.2) is 5.76 Å². The third kappa shape index (κ3) is 2.40. The van der Waals surface area contributed by atoms with Crippen LogP contribution in [0.5, 0.6) is 0 Å². The molecule has 1 atom stereocenters. The van der Waals surface area contributed by atoms with Gasteiger partial charge >= 0.3 is 0 Å². The fraction of sp³-hybridized carbons (Fsp3) is 0.500. The quantitative estimate of drug-likeness (QED) is 0.829. The molecule has 0 amide bonds. The van der Waals surface area contributed by atoms with Gasteiger partial charge in [-0.2, -0.15) is 0 Å². The van der Waals surface area contributed by atoms with Crippen molar-refractivity contribution in [1.29, 1.82) is 0 Å². The molecule has 2 rings (SSSR count). The van der Waals surface area contributed by atoms with E-state index in [9.17, 15) is 0 Å². The minimum Gasteiger partial charge on any atom is -0.403 e. The lowest BCUT2D eigenvalue weighted by molar-refractivity contribution is -0.129. The van der Waals surface area contributed by atoms with Gasteiger partial charge in [0.05, 0.1) is 5.71 Å². The molecule has 1 aliphatic carbocycles. The van der Waals surface area contributed by atoms with Crippen LogP contribution in [0.2, 0.25) is 0 Å². The highest BCUT2D eigenvalue weighted by Gasteiger charge is 2.26. The first-order valence-electron chi connectivity index (χ1n) is 6.47. The maximum Gasteiger partial charge on any atom is 0.159 e. The molecule has 18 heavy (non-hydrogen) atoms. The number of nitrogens with one attached hydrogen (secondary N) is 1. The summed E-state index contributed by atoms with van der Waals surface area (Å²) in [5.41, 5.74) is 3.25. The van der Waals surface area contributed by atoms with Crippen molar-refractivity contribution in [3.05, 3.63) is 35.1 Å². The van der Waals surface area contributed by atoms with Crippen molar-refractivity contribution in [1.82, 2.24) is 10.4 Å². The van der Waals surface area contributed by atoms with E-state index in [2.05, 4.69) is 42.4 Å². The minimum absolute atomic E-state index is 0.121. The van der Waals surface area contributed by atoms with Gasteiger partial charge in [0.1, 0.15) is 6.17 Å². The molecule has 0 radical (unpaired) electrons. The summed E-state index contributed by atoms with van der Waals surface area (Å²) in [5, 5.41) is 5.20. The second-order valence-corrected chi connectivity index (χ2v) is 4.41. The first kappa shape index (κ1) is 13.1. The molecule has 0 spiro atoms. The Morgan fingerprint density at radius 1 is 1.39 bits per heavy atom. The molecular formula is C14H21N3O. The van der Waals surface area contributed by atoms with E-state index in [4.69, 9.17) is 4.84 Å². The lowest BCUT2D eigenvalue weighted by Crippen LogP contribution is -2.44. The predicted octanol–water partition coefficient (Wildman–Crippen LogP) is 2.03. The summed E-state index contributed by atoms with van der Waals surface area (Å²) in [6.07, 6.45) is 6.45.